The molecule has 3 aromatic rings. The second-order valence-electron chi connectivity index (χ2n) is 7.41. The summed E-state index contributed by atoms with van der Waals surface area (Å²) in [5.74, 6) is -0.543. The predicted molar refractivity (Wildman–Crippen MR) is 129 cm³/mol. The Hall–Kier alpha value is -2.84. The zero-order valence-electron chi connectivity index (χ0n) is 18.2. The second kappa shape index (κ2) is 10.7. The molecule has 7 nitrogen and oxygen atoms in total. The topological polar surface area (TPSA) is 84.3 Å². The van der Waals surface area contributed by atoms with E-state index in [0.29, 0.717) is 26.8 Å². The molecule has 0 unspecified atom stereocenters. The SMILES string of the molecule is CC[C@H](C)n1c(SCC(=O)N(C)CC(=O)Nc2ccccc2Cl)nc2ccccc2c1=O. The van der Waals surface area contributed by atoms with Crippen LogP contribution < -0.4 is 10.9 Å². The monoisotopic (exact) mass is 472 g/mol. The molecule has 1 heterocycles. The lowest BCUT2D eigenvalue weighted by molar-refractivity contribution is -0.131. The highest BCUT2D eigenvalue weighted by Gasteiger charge is 2.19. The molecule has 1 atom stereocenters. The molecule has 0 saturated heterocycles. The summed E-state index contributed by atoms with van der Waals surface area (Å²) >= 11 is 7.26. The van der Waals surface area contributed by atoms with Crippen LogP contribution in [0.1, 0.15) is 26.3 Å². The van der Waals surface area contributed by atoms with E-state index in [1.807, 2.05) is 26.0 Å². The fourth-order valence-corrected chi connectivity index (χ4v) is 4.31. The number of nitrogens with one attached hydrogen (secondary N) is 1. The van der Waals surface area contributed by atoms with Gasteiger partial charge in [0, 0.05) is 13.1 Å². The van der Waals surface area contributed by atoms with Gasteiger partial charge < -0.3 is 10.2 Å². The van der Waals surface area contributed by atoms with E-state index in [1.54, 1.807) is 48.0 Å². The molecule has 3 rings (SSSR count). The lowest BCUT2D eigenvalue weighted by atomic mass is 10.2. The third kappa shape index (κ3) is 5.49. The van der Waals surface area contributed by atoms with Crippen LogP contribution in [0.2, 0.25) is 5.02 Å². The highest BCUT2D eigenvalue weighted by molar-refractivity contribution is 7.99. The van der Waals surface area contributed by atoms with Gasteiger partial charge in [-0.15, -0.1) is 0 Å². The van der Waals surface area contributed by atoms with Gasteiger partial charge in [-0.2, -0.15) is 0 Å². The van der Waals surface area contributed by atoms with Crippen LogP contribution in [-0.2, 0) is 9.59 Å². The molecule has 0 bridgehead atoms. The van der Waals surface area contributed by atoms with Crippen molar-refractivity contribution in [3.05, 3.63) is 63.9 Å². The highest BCUT2D eigenvalue weighted by Crippen LogP contribution is 2.23. The van der Waals surface area contributed by atoms with Crippen molar-refractivity contribution in [3.63, 3.8) is 0 Å². The largest absolute Gasteiger partial charge is 0.336 e. The highest BCUT2D eigenvalue weighted by atomic mass is 35.5. The van der Waals surface area contributed by atoms with Crippen LogP contribution in [0, 0.1) is 0 Å². The minimum atomic E-state index is -0.348. The number of carbonyl (C=O) groups is 2. The van der Waals surface area contributed by atoms with E-state index in [9.17, 15) is 14.4 Å². The van der Waals surface area contributed by atoms with Gasteiger partial charge in [0.1, 0.15) is 0 Å². The first kappa shape index (κ1) is 23.8. The molecule has 0 aliphatic heterocycles. The van der Waals surface area contributed by atoms with Gasteiger partial charge in [0.25, 0.3) is 5.56 Å². The maximum absolute atomic E-state index is 13.0. The summed E-state index contributed by atoms with van der Waals surface area (Å²) < 4.78 is 1.64. The summed E-state index contributed by atoms with van der Waals surface area (Å²) in [5.41, 5.74) is 0.971. The Kier molecular flexibility index (Phi) is 7.93. The Morgan fingerprint density at radius 2 is 1.88 bits per heavy atom. The van der Waals surface area contributed by atoms with E-state index >= 15 is 0 Å². The van der Waals surface area contributed by atoms with E-state index < -0.39 is 0 Å². The van der Waals surface area contributed by atoms with Crippen LogP contribution >= 0.6 is 23.4 Å². The number of thioether (sulfide) groups is 1. The molecule has 1 N–H and O–H groups in total. The lowest BCUT2D eigenvalue weighted by Gasteiger charge is -2.20. The van der Waals surface area contributed by atoms with Gasteiger partial charge in [-0.05, 0) is 37.6 Å². The van der Waals surface area contributed by atoms with E-state index in [4.69, 9.17) is 11.6 Å². The molecular formula is C23H25ClN4O3S. The molecule has 0 aliphatic rings. The number of amides is 2. The van der Waals surface area contributed by atoms with Gasteiger partial charge >= 0.3 is 0 Å². The van der Waals surface area contributed by atoms with Crippen LogP contribution in [0.3, 0.4) is 0 Å². The molecule has 0 aliphatic carbocycles. The number of carbonyl (C=O) groups excluding carboxylic acids is 2. The quantitative estimate of drug-likeness (QED) is 0.392. The number of likely N-dealkylation sites (N-methyl/N-ethyl adjacent to an activating group) is 1. The molecule has 2 aromatic carbocycles. The molecule has 0 radical (unpaired) electrons. The number of benzene rings is 2. The fourth-order valence-electron chi connectivity index (χ4n) is 3.09. The first-order valence-corrected chi connectivity index (χ1v) is 11.6. The third-order valence-electron chi connectivity index (χ3n) is 5.09. The molecule has 168 valence electrons. The predicted octanol–water partition coefficient (Wildman–Crippen LogP) is 4.21. The van der Waals surface area contributed by atoms with Crippen LogP contribution in [0.25, 0.3) is 10.9 Å². The average molecular weight is 473 g/mol. The Balaban J connectivity index is 1.70. The number of aromatic nitrogens is 2. The summed E-state index contributed by atoms with van der Waals surface area (Å²) in [5, 5.41) is 4.17. The number of nitrogens with zero attached hydrogens (tertiary/aromatic N) is 3. The van der Waals surface area contributed by atoms with Crippen LogP contribution in [0.5, 0.6) is 0 Å². The molecular weight excluding hydrogens is 448 g/mol. The molecule has 1 aromatic heterocycles. The van der Waals surface area contributed by atoms with Crippen molar-refractivity contribution >= 4 is 51.8 Å². The van der Waals surface area contributed by atoms with Crippen molar-refractivity contribution in [2.45, 2.75) is 31.5 Å². The van der Waals surface area contributed by atoms with E-state index in [-0.39, 0.29) is 35.7 Å². The van der Waals surface area contributed by atoms with Crippen LogP contribution in [0.15, 0.2) is 58.5 Å². The first-order valence-electron chi connectivity index (χ1n) is 10.2. The van der Waals surface area contributed by atoms with Crippen LogP contribution in [-0.4, -0.2) is 45.6 Å². The van der Waals surface area contributed by atoms with Gasteiger partial charge in [0.2, 0.25) is 11.8 Å². The van der Waals surface area contributed by atoms with Gasteiger partial charge in [-0.3, -0.25) is 19.0 Å². The standard InChI is InChI=1S/C23H25ClN4O3S/c1-4-15(2)28-22(31)16-9-5-7-11-18(16)26-23(28)32-14-21(30)27(3)13-20(29)25-19-12-8-6-10-17(19)24/h5-12,15H,4,13-14H2,1-3H3,(H,25,29)/t15-/m0/s1. The number of para-hydroxylation sites is 2. The van der Waals surface area contributed by atoms with Gasteiger partial charge in [-0.1, -0.05) is 54.6 Å². The normalized spacial score (nSPS) is 11.9. The number of anilines is 1. The fraction of sp³-hybridized carbons (Fsp3) is 0.304. The molecule has 32 heavy (non-hydrogen) atoms. The number of hydrogen-bond acceptors (Lipinski definition) is 5. The minimum absolute atomic E-state index is 0.0527. The smallest absolute Gasteiger partial charge is 0.262 e. The van der Waals surface area contributed by atoms with Crippen molar-refractivity contribution in [2.75, 3.05) is 24.7 Å². The van der Waals surface area contributed by atoms with Crippen LogP contribution in [0.4, 0.5) is 5.69 Å². The lowest BCUT2D eigenvalue weighted by Crippen LogP contribution is -2.36. The Morgan fingerprint density at radius 3 is 2.59 bits per heavy atom. The molecule has 0 saturated carbocycles. The minimum Gasteiger partial charge on any atom is -0.336 e. The number of halogens is 1. The number of hydrogen-bond donors (Lipinski definition) is 1. The first-order chi connectivity index (χ1) is 15.3. The van der Waals surface area contributed by atoms with Crippen molar-refractivity contribution < 1.29 is 9.59 Å². The summed E-state index contributed by atoms with van der Waals surface area (Å²) in [6.07, 6.45) is 0.754. The van der Waals surface area contributed by atoms with E-state index in [0.717, 1.165) is 6.42 Å². The van der Waals surface area contributed by atoms with Crippen molar-refractivity contribution in [1.29, 1.82) is 0 Å². The average Bonchev–Trinajstić information content (AvgIpc) is 2.78. The molecule has 9 heteroatoms. The van der Waals surface area contributed by atoms with Gasteiger partial charge in [0.05, 0.1) is 33.9 Å². The number of rotatable bonds is 8. The molecule has 0 fully saturated rings. The maximum atomic E-state index is 13.0. The van der Waals surface area contributed by atoms with Gasteiger partial charge in [-0.25, -0.2) is 4.98 Å². The molecule has 2 amide bonds. The third-order valence-corrected chi connectivity index (χ3v) is 6.35. The summed E-state index contributed by atoms with van der Waals surface area (Å²) in [4.78, 5) is 43.9. The van der Waals surface area contributed by atoms with Crippen molar-refractivity contribution in [3.8, 4) is 0 Å². The van der Waals surface area contributed by atoms with Crippen molar-refractivity contribution in [1.82, 2.24) is 14.5 Å². The Bertz CT molecular complexity index is 1200. The van der Waals surface area contributed by atoms with Gasteiger partial charge in [0.15, 0.2) is 5.16 Å². The summed E-state index contributed by atoms with van der Waals surface area (Å²) in [7, 11) is 1.56. The zero-order valence-corrected chi connectivity index (χ0v) is 19.7. The number of fused-ring (bicyclic) bond motifs is 1. The molecule has 0 spiro atoms. The zero-order chi connectivity index (χ0) is 23.3. The Morgan fingerprint density at radius 1 is 1.19 bits per heavy atom. The van der Waals surface area contributed by atoms with E-state index in [1.165, 1.54) is 16.7 Å². The Labute approximate surface area is 195 Å². The second-order valence-corrected chi connectivity index (χ2v) is 8.76. The van der Waals surface area contributed by atoms with E-state index in [2.05, 4.69) is 10.3 Å². The summed E-state index contributed by atoms with van der Waals surface area (Å²) in [6.45, 7) is 3.83. The maximum Gasteiger partial charge on any atom is 0.262 e. The summed E-state index contributed by atoms with van der Waals surface area (Å²) in [6, 6.07) is 14.0. The van der Waals surface area contributed by atoms with Crippen molar-refractivity contribution in [2.24, 2.45) is 0 Å².